The zero-order valence-electron chi connectivity index (χ0n) is 16.1. The number of aromatic nitrogens is 6. The molecule has 8 nitrogen and oxygen atoms in total. The third kappa shape index (κ3) is 5.37. The lowest BCUT2D eigenvalue weighted by molar-refractivity contribution is 0.0315. The van der Waals surface area contributed by atoms with Crippen LogP contribution in [0, 0.1) is 7.40 Å². The zero-order chi connectivity index (χ0) is 22.2. The van der Waals surface area contributed by atoms with Crippen molar-refractivity contribution in [2.24, 2.45) is 0 Å². The number of fused-ring (bicyclic) bond motifs is 2. The van der Waals surface area contributed by atoms with Crippen molar-refractivity contribution in [2.45, 2.75) is 25.4 Å². The number of nitrogens with zero attached hydrogens (tertiary/aromatic N) is 6. The fraction of sp³-hybridized carbons (Fsp3) is 0.333. The van der Waals surface area contributed by atoms with Crippen LogP contribution in [0.5, 0.6) is 0 Å². The summed E-state index contributed by atoms with van der Waals surface area (Å²) < 4.78 is 11.9. The molecule has 5 heterocycles. The van der Waals surface area contributed by atoms with Gasteiger partial charge >= 0.3 is 0 Å². The monoisotopic (exact) mass is 749 g/mol. The highest BCUT2D eigenvalue weighted by Crippen LogP contribution is 2.27. The first-order chi connectivity index (χ1) is 14.8. The van der Waals surface area contributed by atoms with Gasteiger partial charge in [-0.3, -0.25) is 0 Å². The first kappa shape index (κ1) is 23.7. The van der Waals surface area contributed by atoms with E-state index in [0.717, 1.165) is 54.8 Å². The van der Waals surface area contributed by atoms with Crippen LogP contribution in [-0.2, 0) is 4.74 Å². The summed E-state index contributed by atoms with van der Waals surface area (Å²) in [6, 6.07) is 3.53. The maximum absolute atomic E-state index is 6.05. The first-order valence-corrected chi connectivity index (χ1v) is 12.9. The van der Waals surface area contributed by atoms with Crippen LogP contribution in [0.3, 0.4) is 0 Å². The van der Waals surface area contributed by atoms with Crippen LogP contribution >= 0.6 is 84.3 Å². The summed E-state index contributed by atoms with van der Waals surface area (Å²) in [7, 11) is 0. The van der Waals surface area contributed by atoms with E-state index in [4.69, 9.17) is 27.9 Å². The van der Waals surface area contributed by atoms with Gasteiger partial charge in [-0.15, -0.1) is 0 Å². The molecule has 0 aliphatic carbocycles. The summed E-state index contributed by atoms with van der Waals surface area (Å²) in [5.74, 6) is 0. The normalized spacial score (nSPS) is 18.4. The van der Waals surface area contributed by atoms with Gasteiger partial charge in [-0.25, -0.2) is 19.0 Å². The van der Waals surface area contributed by atoms with E-state index in [1.54, 1.807) is 33.6 Å². The number of hydrogen-bond donors (Lipinski definition) is 1. The number of rotatable bonds is 3. The first-order valence-electron chi connectivity index (χ1n) is 9.19. The van der Waals surface area contributed by atoms with Gasteiger partial charge in [-0.05, 0) is 86.9 Å². The molecule has 5 rings (SSSR count). The van der Waals surface area contributed by atoms with Gasteiger partial charge in [0.15, 0.2) is 21.6 Å². The van der Waals surface area contributed by atoms with Crippen molar-refractivity contribution in [3.63, 3.8) is 0 Å². The average Bonchev–Trinajstić information content (AvgIpc) is 3.42. The molecule has 1 atom stereocenters. The highest BCUT2D eigenvalue weighted by molar-refractivity contribution is 14.1. The second-order valence-corrected chi connectivity index (χ2v) is 10.9. The molecule has 0 radical (unpaired) electrons. The Bertz CT molecular complexity index is 1240. The lowest BCUT2D eigenvalue weighted by atomic mass is 10.0. The van der Waals surface area contributed by atoms with Crippen LogP contribution in [0.4, 0.5) is 5.69 Å². The summed E-state index contributed by atoms with van der Waals surface area (Å²) >= 11 is 19.5. The van der Waals surface area contributed by atoms with Crippen LogP contribution in [0.2, 0.25) is 10.3 Å². The molecule has 0 spiro atoms. The molecule has 1 saturated heterocycles. The predicted molar refractivity (Wildman–Crippen MR) is 141 cm³/mol. The largest absolute Gasteiger partial charge is 0.379 e. The lowest BCUT2D eigenvalue weighted by Crippen LogP contribution is -2.32. The Kier molecular flexibility index (Phi) is 7.48. The molecule has 4 aromatic rings. The Morgan fingerprint density at radius 2 is 1.71 bits per heavy atom. The van der Waals surface area contributed by atoms with Gasteiger partial charge in [0, 0.05) is 19.2 Å². The Morgan fingerprint density at radius 3 is 2.35 bits per heavy atom. The molecule has 31 heavy (non-hydrogen) atoms. The zero-order valence-corrected chi connectivity index (χ0v) is 23.5. The number of ether oxygens (including phenoxy) is 1. The van der Waals surface area contributed by atoms with Crippen LogP contribution in [0.15, 0.2) is 29.0 Å². The van der Waals surface area contributed by atoms with Gasteiger partial charge < -0.3 is 10.1 Å². The van der Waals surface area contributed by atoms with Gasteiger partial charge in [0.25, 0.3) is 0 Å². The van der Waals surface area contributed by atoms with Gasteiger partial charge in [-0.2, -0.15) is 10.2 Å². The lowest BCUT2D eigenvalue weighted by Gasteiger charge is -2.24. The molecule has 1 fully saturated rings. The molecule has 0 bridgehead atoms. The minimum Gasteiger partial charge on any atom is -0.379 e. The van der Waals surface area contributed by atoms with Crippen LogP contribution in [0.1, 0.15) is 19.8 Å². The van der Waals surface area contributed by atoms with Gasteiger partial charge in [-0.1, -0.05) is 23.2 Å². The van der Waals surface area contributed by atoms with Crippen molar-refractivity contribution < 1.29 is 4.74 Å². The summed E-state index contributed by atoms with van der Waals surface area (Å²) in [5.41, 5.74) is 2.35. The van der Waals surface area contributed by atoms with Gasteiger partial charge in [0.1, 0.15) is 7.40 Å². The van der Waals surface area contributed by atoms with Crippen molar-refractivity contribution in [1.82, 2.24) is 29.2 Å². The van der Waals surface area contributed by atoms with Crippen LogP contribution < -0.4 is 5.32 Å². The van der Waals surface area contributed by atoms with Gasteiger partial charge in [0.2, 0.25) is 0 Å². The second kappa shape index (κ2) is 9.79. The number of anilines is 1. The molecule has 4 aromatic heterocycles. The third-order valence-electron chi connectivity index (χ3n) is 4.70. The summed E-state index contributed by atoms with van der Waals surface area (Å²) in [5, 5.41) is 12.6. The Hall–Kier alpha value is -0.480. The van der Waals surface area contributed by atoms with E-state index in [9.17, 15) is 0 Å². The highest BCUT2D eigenvalue weighted by atomic mass is 127. The fourth-order valence-electron chi connectivity index (χ4n) is 3.18. The van der Waals surface area contributed by atoms with Crippen molar-refractivity contribution in [3.05, 3.63) is 46.7 Å². The molecule has 13 heteroatoms. The van der Waals surface area contributed by atoms with E-state index in [1.165, 1.54) is 0 Å². The highest BCUT2D eigenvalue weighted by Gasteiger charge is 2.29. The molecule has 0 saturated carbocycles. The van der Waals surface area contributed by atoms with Gasteiger partial charge in [0.05, 0.1) is 28.2 Å². The standard InChI is InChI=1S/C12H14ClIN4O.C6H2BrClIN3/c1-12(3-2-4-19-12)7-16-8-5-9(13)17-18-10(14)6-15-11(8)18;7-3-1-4(8)11-12-5(9)2-10-6(3)12/h5-6,16H,2-4,7H2,1H3;1-2H. The molecular formula is C18H16BrCl2I2N7O. The quantitative estimate of drug-likeness (QED) is 0.270. The molecule has 1 aliphatic rings. The SMILES string of the molecule is CC1(CNc2cc(Cl)nn3c(I)cnc23)CCCO1.Clc1cc(Br)c2ncc(I)n2n1. The van der Waals surface area contributed by atoms with E-state index in [-0.39, 0.29) is 5.60 Å². The number of nitrogens with one attached hydrogen (secondary N) is 1. The topological polar surface area (TPSA) is 81.6 Å². The number of hydrogen-bond acceptors (Lipinski definition) is 6. The molecule has 1 aliphatic heterocycles. The van der Waals surface area contributed by atoms with Crippen molar-refractivity contribution in [1.29, 1.82) is 0 Å². The van der Waals surface area contributed by atoms with Crippen molar-refractivity contribution in [3.8, 4) is 0 Å². The molecule has 0 aromatic carbocycles. The van der Waals surface area contributed by atoms with Crippen LogP contribution in [-0.4, -0.2) is 47.9 Å². The molecular weight excluding hydrogens is 735 g/mol. The van der Waals surface area contributed by atoms with E-state index < -0.39 is 0 Å². The molecule has 0 amide bonds. The maximum atomic E-state index is 6.05. The summed E-state index contributed by atoms with van der Waals surface area (Å²) in [6.45, 7) is 3.71. The molecule has 164 valence electrons. The summed E-state index contributed by atoms with van der Waals surface area (Å²) in [4.78, 5) is 8.50. The predicted octanol–water partition coefficient (Wildman–Crippen LogP) is 5.72. The minimum atomic E-state index is -0.105. The van der Waals surface area contributed by atoms with E-state index in [2.05, 4.69) is 93.5 Å². The maximum Gasteiger partial charge on any atom is 0.178 e. The third-order valence-corrected chi connectivity index (χ3v) is 7.12. The second-order valence-electron chi connectivity index (χ2n) is 7.08. The van der Waals surface area contributed by atoms with E-state index >= 15 is 0 Å². The average molecular weight is 751 g/mol. The molecule has 1 unspecified atom stereocenters. The Morgan fingerprint density at radius 1 is 1.10 bits per heavy atom. The van der Waals surface area contributed by atoms with Crippen molar-refractivity contribution in [2.75, 3.05) is 18.5 Å². The minimum absolute atomic E-state index is 0.105. The smallest absolute Gasteiger partial charge is 0.178 e. The number of imidazole rings is 2. The number of halogens is 5. The summed E-state index contributed by atoms with van der Waals surface area (Å²) in [6.07, 6.45) is 5.70. The fourth-order valence-corrected chi connectivity index (χ4v) is 5.12. The van der Waals surface area contributed by atoms with E-state index in [0.29, 0.717) is 10.3 Å². The van der Waals surface area contributed by atoms with E-state index in [1.807, 2.05) is 0 Å². The van der Waals surface area contributed by atoms with Crippen molar-refractivity contribution >= 4 is 101 Å². The molecule has 1 N–H and O–H groups in total. The Labute approximate surface area is 223 Å². The Balaban J connectivity index is 0.000000166. The van der Waals surface area contributed by atoms with Crippen LogP contribution in [0.25, 0.3) is 11.3 Å².